The van der Waals surface area contributed by atoms with E-state index in [1.54, 1.807) is 0 Å². The van der Waals surface area contributed by atoms with Crippen LogP contribution in [-0.4, -0.2) is 15.0 Å². The molecular formula is C45H27N3O. The van der Waals surface area contributed by atoms with E-state index < -0.39 is 0 Å². The second-order valence-corrected chi connectivity index (χ2v) is 12.4. The Hall–Kier alpha value is -6.65. The van der Waals surface area contributed by atoms with Crippen molar-refractivity contribution in [3.05, 3.63) is 164 Å². The highest BCUT2D eigenvalue weighted by Gasteiger charge is 2.18. The van der Waals surface area contributed by atoms with Gasteiger partial charge in [0.2, 0.25) is 0 Å². The minimum absolute atomic E-state index is 0.606. The highest BCUT2D eigenvalue weighted by atomic mass is 16.3. The fourth-order valence-corrected chi connectivity index (χ4v) is 7.04. The number of para-hydroxylation sites is 1. The van der Waals surface area contributed by atoms with E-state index in [9.17, 15) is 0 Å². The van der Waals surface area contributed by atoms with Crippen LogP contribution in [0, 0.1) is 0 Å². The highest BCUT2D eigenvalue weighted by Crippen LogP contribution is 2.38. The summed E-state index contributed by atoms with van der Waals surface area (Å²) in [4.78, 5) is 15.5. The van der Waals surface area contributed by atoms with Gasteiger partial charge in [-0.3, -0.25) is 0 Å². The molecule has 2 aromatic heterocycles. The van der Waals surface area contributed by atoms with Crippen LogP contribution in [0.2, 0.25) is 0 Å². The molecule has 0 fully saturated rings. The molecule has 0 spiro atoms. The van der Waals surface area contributed by atoms with Crippen molar-refractivity contribution in [2.75, 3.05) is 0 Å². The molecule has 0 aliphatic rings. The van der Waals surface area contributed by atoms with Crippen molar-refractivity contribution in [2.24, 2.45) is 0 Å². The summed E-state index contributed by atoms with van der Waals surface area (Å²) in [6, 6.07) is 57.1. The first-order valence-electron chi connectivity index (χ1n) is 16.4. The van der Waals surface area contributed by atoms with Gasteiger partial charge in [-0.1, -0.05) is 133 Å². The molecule has 0 atom stereocenters. The number of hydrogen-bond acceptors (Lipinski definition) is 4. The lowest BCUT2D eigenvalue weighted by molar-refractivity contribution is 0.669. The second-order valence-electron chi connectivity index (χ2n) is 12.4. The lowest BCUT2D eigenvalue weighted by atomic mass is 9.96. The Morgan fingerprint density at radius 1 is 0.327 bits per heavy atom. The SMILES string of the molecule is c1ccc(-c2ccc3ccc4ccc(-c5nc(-c6ccc7ccccc7c6)nc(-c6cccc7oc8ccccc8c67)n5)cc4c3c2)cc1. The fourth-order valence-electron chi connectivity index (χ4n) is 7.04. The third kappa shape index (κ3) is 4.65. The van der Waals surface area contributed by atoms with Crippen LogP contribution in [0.4, 0.5) is 0 Å². The largest absolute Gasteiger partial charge is 0.456 e. The zero-order chi connectivity index (χ0) is 32.3. The summed E-state index contributed by atoms with van der Waals surface area (Å²) in [5, 5.41) is 9.05. The Morgan fingerprint density at radius 2 is 0.898 bits per heavy atom. The number of rotatable bonds is 4. The van der Waals surface area contributed by atoms with Crippen LogP contribution in [0.15, 0.2) is 168 Å². The van der Waals surface area contributed by atoms with Crippen molar-refractivity contribution in [3.63, 3.8) is 0 Å². The first-order valence-corrected chi connectivity index (χ1v) is 16.4. The predicted octanol–water partition coefficient (Wildman–Crippen LogP) is 11.9. The van der Waals surface area contributed by atoms with Crippen molar-refractivity contribution in [3.8, 4) is 45.3 Å². The number of benzene rings is 8. The van der Waals surface area contributed by atoms with Gasteiger partial charge >= 0.3 is 0 Å². The Bertz CT molecular complexity index is 2890. The smallest absolute Gasteiger partial charge is 0.164 e. The van der Waals surface area contributed by atoms with Crippen LogP contribution in [-0.2, 0) is 0 Å². The predicted molar refractivity (Wildman–Crippen MR) is 201 cm³/mol. The van der Waals surface area contributed by atoms with Gasteiger partial charge in [0.25, 0.3) is 0 Å². The lowest BCUT2D eigenvalue weighted by Crippen LogP contribution is -2.00. The lowest BCUT2D eigenvalue weighted by Gasteiger charge is -2.12. The second kappa shape index (κ2) is 11.0. The molecule has 8 aromatic carbocycles. The van der Waals surface area contributed by atoms with E-state index in [4.69, 9.17) is 19.4 Å². The summed E-state index contributed by atoms with van der Waals surface area (Å²) in [7, 11) is 0. The molecule has 0 aliphatic heterocycles. The van der Waals surface area contributed by atoms with E-state index in [1.807, 2.05) is 30.3 Å². The summed E-state index contributed by atoms with van der Waals surface area (Å²) in [6.45, 7) is 0. The summed E-state index contributed by atoms with van der Waals surface area (Å²) in [5.74, 6) is 1.85. The number of hydrogen-bond donors (Lipinski definition) is 0. The van der Waals surface area contributed by atoms with Crippen molar-refractivity contribution >= 4 is 54.3 Å². The molecule has 0 bridgehead atoms. The molecule has 0 aliphatic carbocycles. The number of furan rings is 1. The molecule has 49 heavy (non-hydrogen) atoms. The van der Waals surface area contributed by atoms with Crippen molar-refractivity contribution in [1.29, 1.82) is 0 Å². The van der Waals surface area contributed by atoms with Gasteiger partial charge in [0.1, 0.15) is 11.2 Å². The molecular weight excluding hydrogens is 599 g/mol. The van der Waals surface area contributed by atoms with Gasteiger partial charge in [-0.15, -0.1) is 0 Å². The zero-order valence-corrected chi connectivity index (χ0v) is 26.3. The third-order valence-corrected chi connectivity index (χ3v) is 9.49. The maximum Gasteiger partial charge on any atom is 0.164 e. The molecule has 4 nitrogen and oxygen atoms in total. The molecule has 0 N–H and O–H groups in total. The van der Waals surface area contributed by atoms with Crippen LogP contribution in [0.3, 0.4) is 0 Å². The van der Waals surface area contributed by atoms with E-state index in [-0.39, 0.29) is 0 Å². The van der Waals surface area contributed by atoms with Gasteiger partial charge in [-0.25, -0.2) is 15.0 Å². The quantitative estimate of drug-likeness (QED) is 0.183. The molecule has 0 saturated heterocycles. The van der Waals surface area contributed by atoms with Gasteiger partial charge in [-0.05, 0) is 73.8 Å². The first kappa shape index (κ1) is 27.5. The maximum absolute atomic E-state index is 6.25. The summed E-state index contributed by atoms with van der Waals surface area (Å²) in [6.07, 6.45) is 0. The summed E-state index contributed by atoms with van der Waals surface area (Å²) in [5.41, 5.74) is 6.80. The Morgan fingerprint density at radius 3 is 1.69 bits per heavy atom. The van der Waals surface area contributed by atoms with Gasteiger partial charge in [-0.2, -0.15) is 0 Å². The van der Waals surface area contributed by atoms with E-state index in [0.717, 1.165) is 49.4 Å². The summed E-state index contributed by atoms with van der Waals surface area (Å²) < 4.78 is 6.25. The minimum atomic E-state index is 0.606. The molecule has 4 heteroatoms. The topological polar surface area (TPSA) is 51.8 Å². The van der Waals surface area contributed by atoms with Gasteiger partial charge in [0, 0.05) is 27.5 Å². The van der Waals surface area contributed by atoms with Crippen LogP contribution in [0.25, 0.3) is 99.5 Å². The van der Waals surface area contributed by atoms with Gasteiger partial charge < -0.3 is 4.42 Å². The molecule has 2 heterocycles. The zero-order valence-electron chi connectivity index (χ0n) is 26.3. The average Bonchev–Trinajstić information content (AvgIpc) is 3.56. The summed E-state index contributed by atoms with van der Waals surface area (Å²) >= 11 is 0. The first-order chi connectivity index (χ1) is 24.2. The third-order valence-electron chi connectivity index (χ3n) is 9.49. The molecule has 0 radical (unpaired) electrons. The Balaban J connectivity index is 1.21. The monoisotopic (exact) mass is 625 g/mol. The average molecular weight is 626 g/mol. The maximum atomic E-state index is 6.25. The Labute approximate surface area is 282 Å². The van der Waals surface area contributed by atoms with Crippen molar-refractivity contribution in [1.82, 2.24) is 15.0 Å². The number of aromatic nitrogens is 3. The molecule has 0 amide bonds. The van der Waals surface area contributed by atoms with Gasteiger partial charge in [0.05, 0.1) is 0 Å². The van der Waals surface area contributed by atoms with E-state index in [0.29, 0.717) is 17.5 Å². The molecule has 228 valence electrons. The normalized spacial score (nSPS) is 11.7. The Kier molecular flexibility index (Phi) is 6.15. The fraction of sp³-hybridized carbons (Fsp3) is 0. The van der Waals surface area contributed by atoms with Gasteiger partial charge in [0.15, 0.2) is 17.5 Å². The molecule has 0 unspecified atom stereocenters. The van der Waals surface area contributed by atoms with E-state index in [2.05, 4.69) is 133 Å². The standard InChI is InChI=1S/C45H27N3O/c1-2-9-28(10-3-1)33-22-20-30-18-19-31-21-24-35(27-39(31)38(30)26-33)44-46-43(34-23-17-29-11-4-5-12-32(29)25-34)47-45(48-44)37-14-8-16-41-42(37)36-13-6-7-15-40(36)49-41/h1-27H. The van der Waals surface area contributed by atoms with Crippen LogP contribution >= 0.6 is 0 Å². The van der Waals surface area contributed by atoms with E-state index >= 15 is 0 Å². The number of nitrogens with zero attached hydrogens (tertiary/aromatic N) is 3. The van der Waals surface area contributed by atoms with Crippen molar-refractivity contribution < 1.29 is 4.42 Å². The van der Waals surface area contributed by atoms with Crippen LogP contribution in [0.1, 0.15) is 0 Å². The highest BCUT2D eigenvalue weighted by molar-refractivity contribution is 6.12. The number of fused-ring (bicyclic) bond motifs is 7. The minimum Gasteiger partial charge on any atom is -0.456 e. The molecule has 0 saturated carbocycles. The van der Waals surface area contributed by atoms with E-state index in [1.165, 1.54) is 32.7 Å². The van der Waals surface area contributed by atoms with Crippen molar-refractivity contribution in [2.45, 2.75) is 0 Å². The van der Waals surface area contributed by atoms with Crippen LogP contribution < -0.4 is 0 Å². The van der Waals surface area contributed by atoms with Crippen LogP contribution in [0.5, 0.6) is 0 Å². The molecule has 10 aromatic rings. The molecule has 10 rings (SSSR count).